The van der Waals surface area contributed by atoms with E-state index < -0.39 is 6.09 Å². The first-order valence-corrected chi connectivity index (χ1v) is 5.91. The summed E-state index contributed by atoms with van der Waals surface area (Å²) < 4.78 is 0. The molecule has 3 heterocycles. The topological polar surface area (TPSA) is 69.6 Å². The molecular weight excluding hydrogens is 256 g/mol. The maximum Gasteiger partial charge on any atom is 0.407 e. The molecule has 6 nitrogen and oxygen atoms in total. The zero-order valence-electron chi connectivity index (χ0n) is 9.51. The fourth-order valence-electron chi connectivity index (χ4n) is 2.33. The van der Waals surface area contributed by atoms with Crippen LogP contribution in [0.3, 0.4) is 0 Å². The Morgan fingerprint density at radius 2 is 1.72 bits per heavy atom. The molecule has 0 aliphatic carbocycles. The molecule has 18 heavy (non-hydrogen) atoms. The minimum Gasteiger partial charge on any atom is -0.465 e. The Morgan fingerprint density at radius 1 is 1.17 bits per heavy atom. The van der Waals surface area contributed by atoms with Crippen molar-refractivity contribution in [2.45, 2.75) is 0 Å². The molecule has 0 fully saturated rings. The average molecular weight is 267 g/mol. The van der Waals surface area contributed by atoms with Crippen LogP contribution in [-0.2, 0) is 0 Å². The highest BCUT2D eigenvalue weighted by Gasteiger charge is 2.32. The molecule has 1 aromatic rings. The van der Waals surface area contributed by atoms with Gasteiger partial charge in [0, 0.05) is 26.2 Å². The van der Waals surface area contributed by atoms with Gasteiger partial charge in [0.15, 0.2) is 0 Å². The standard InChI is InChI=1S/C11H11ClN4O2/c12-9-1-13-10(14-2-9)15-3-7-5-16(11(17)18)6-8(7)4-15/h1-2H,3-6H2,(H,17,18). The maximum absolute atomic E-state index is 10.9. The molecule has 1 aromatic heterocycles. The Hall–Kier alpha value is -1.82. The van der Waals surface area contributed by atoms with E-state index in [1.54, 1.807) is 12.4 Å². The summed E-state index contributed by atoms with van der Waals surface area (Å²) in [6.07, 6.45) is 2.27. The number of rotatable bonds is 1. The first kappa shape index (κ1) is 11.3. The third kappa shape index (κ3) is 1.88. The van der Waals surface area contributed by atoms with Gasteiger partial charge in [-0.15, -0.1) is 0 Å². The van der Waals surface area contributed by atoms with E-state index in [1.807, 2.05) is 4.90 Å². The molecule has 0 aromatic carbocycles. The van der Waals surface area contributed by atoms with Crippen LogP contribution in [0.15, 0.2) is 23.5 Å². The van der Waals surface area contributed by atoms with E-state index in [2.05, 4.69) is 9.97 Å². The monoisotopic (exact) mass is 266 g/mol. The average Bonchev–Trinajstić information content (AvgIpc) is 2.87. The lowest BCUT2D eigenvalue weighted by molar-refractivity contribution is 0.156. The maximum atomic E-state index is 10.9. The van der Waals surface area contributed by atoms with Crippen molar-refractivity contribution in [2.75, 3.05) is 31.1 Å². The Morgan fingerprint density at radius 3 is 2.22 bits per heavy atom. The van der Waals surface area contributed by atoms with Crippen LogP contribution in [0.4, 0.5) is 10.7 Å². The van der Waals surface area contributed by atoms with Crippen LogP contribution in [0.2, 0.25) is 5.02 Å². The highest BCUT2D eigenvalue weighted by Crippen LogP contribution is 2.27. The fraction of sp³-hybridized carbons (Fsp3) is 0.364. The van der Waals surface area contributed by atoms with Crippen molar-refractivity contribution in [2.24, 2.45) is 0 Å². The van der Waals surface area contributed by atoms with Gasteiger partial charge in [0.1, 0.15) is 0 Å². The van der Waals surface area contributed by atoms with Crippen molar-refractivity contribution < 1.29 is 9.90 Å². The Labute approximate surface area is 109 Å². The summed E-state index contributed by atoms with van der Waals surface area (Å²) in [5.41, 5.74) is 2.33. The number of aromatic nitrogens is 2. The Kier molecular flexibility index (Phi) is 2.59. The SMILES string of the molecule is O=C(O)N1CC2=C(C1)CN(c1ncc(Cl)cn1)C2. The lowest BCUT2D eigenvalue weighted by atomic mass is 10.2. The highest BCUT2D eigenvalue weighted by molar-refractivity contribution is 6.30. The van der Waals surface area contributed by atoms with E-state index >= 15 is 0 Å². The second kappa shape index (κ2) is 4.13. The van der Waals surface area contributed by atoms with Crippen molar-refractivity contribution in [3.63, 3.8) is 0 Å². The van der Waals surface area contributed by atoms with Crippen LogP contribution in [-0.4, -0.2) is 52.2 Å². The molecule has 0 saturated carbocycles. The van der Waals surface area contributed by atoms with Gasteiger partial charge in [-0.2, -0.15) is 0 Å². The van der Waals surface area contributed by atoms with E-state index in [9.17, 15) is 4.79 Å². The van der Waals surface area contributed by atoms with Gasteiger partial charge in [-0.25, -0.2) is 14.8 Å². The molecule has 3 rings (SSSR count). The first-order valence-electron chi connectivity index (χ1n) is 5.53. The molecule has 0 unspecified atom stereocenters. The molecule has 0 saturated heterocycles. The zero-order valence-corrected chi connectivity index (χ0v) is 10.3. The minimum atomic E-state index is -0.862. The summed E-state index contributed by atoms with van der Waals surface area (Å²) in [6, 6.07) is 0. The summed E-state index contributed by atoms with van der Waals surface area (Å²) in [5, 5.41) is 9.44. The molecule has 0 bridgehead atoms. The smallest absolute Gasteiger partial charge is 0.407 e. The molecule has 0 spiro atoms. The minimum absolute atomic E-state index is 0.495. The van der Waals surface area contributed by atoms with E-state index in [4.69, 9.17) is 16.7 Å². The van der Waals surface area contributed by atoms with E-state index in [-0.39, 0.29) is 0 Å². The number of halogens is 1. The van der Waals surface area contributed by atoms with Gasteiger partial charge < -0.3 is 14.9 Å². The summed E-state index contributed by atoms with van der Waals surface area (Å²) in [5.74, 6) is 0.635. The molecule has 94 valence electrons. The number of amides is 1. The van der Waals surface area contributed by atoms with Gasteiger partial charge in [-0.3, -0.25) is 0 Å². The van der Waals surface area contributed by atoms with Crippen LogP contribution in [0.25, 0.3) is 0 Å². The first-order chi connectivity index (χ1) is 8.63. The number of hydrogen-bond acceptors (Lipinski definition) is 4. The number of nitrogens with zero attached hydrogens (tertiary/aromatic N) is 4. The third-order valence-corrected chi connectivity index (χ3v) is 3.38. The second-order valence-corrected chi connectivity index (χ2v) is 4.84. The number of carbonyl (C=O) groups is 1. The van der Waals surface area contributed by atoms with Crippen LogP contribution < -0.4 is 4.90 Å². The molecule has 0 atom stereocenters. The number of hydrogen-bond donors (Lipinski definition) is 1. The van der Waals surface area contributed by atoms with E-state index in [0.717, 1.165) is 11.1 Å². The Bertz CT molecular complexity index is 510. The van der Waals surface area contributed by atoms with Crippen molar-refractivity contribution in [1.82, 2.24) is 14.9 Å². The van der Waals surface area contributed by atoms with Gasteiger partial charge in [-0.05, 0) is 11.1 Å². The fourth-order valence-corrected chi connectivity index (χ4v) is 2.42. The summed E-state index contributed by atoms with van der Waals surface area (Å²) >= 11 is 5.74. The molecule has 1 amide bonds. The van der Waals surface area contributed by atoms with Crippen molar-refractivity contribution in [3.05, 3.63) is 28.6 Å². The molecular formula is C11H11ClN4O2. The van der Waals surface area contributed by atoms with Gasteiger partial charge in [0.2, 0.25) is 5.95 Å². The van der Waals surface area contributed by atoms with Crippen LogP contribution >= 0.6 is 11.6 Å². The van der Waals surface area contributed by atoms with Gasteiger partial charge >= 0.3 is 6.09 Å². The van der Waals surface area contributed by atoms with E-state index in [0.29, 0.717) is 37.1 Å². The summed E-state index contributed by atoms with van der Waals surface area (Å²) in [7, 11) is 0. The third-order valence-electron chi connectivity index (χ3n) is 3.19. The largest absolute Gasteiger partial charge is 0.465 e. The second-order valence-electron chi connectivity index (χ2n) is 4.40. The van der Waals surface area contributed by atoms with E-state index in [1.165, 1.54) is 4.90 Å². The number of anilines is 1. The predicted octanol–water partition coefficient (Wildman–Crippen LogP) is 1.24. The van der Waals surface area contributed by atoms with Crippen molar-refractivity contribution in [1.29, 1.82) is 0 Å². The molecule has 7 heteroatoms. The quantitative estimate of drug-likeness (QED) is 0.775. The van der Waals surface area contributed by atoms with Crippen molar-refractivity contribution >= 4 is 23.6 Å². The van der Waals surface area contributed by atoms with Gasteiger partial charge in [-0.1, -0.05) is 11.6 Å². The normalized spacial score (nSPS) is 18.5. The molecule has 2 aliphatic rings. The van der Waals surface area contributed by atoms with Crippen LogP contribution in [0.1, 0.15) is 0 Å². The lowest BCUT2D eigenvalue weighted by Gasteiger charge is -2.20. The molecule has 1 N–H and O–H groups in total. The predicted molar refractivity (Wildman–Crippen MR) is 65.9 cm³/mol. The lowest BCUT2D eigenvalue weighted by Crippen LogP contribution is -2.33. The number of carboxylic acid groups (broad SMARTS) is 1. The highest BCUT2D eigenvalue weighted by atomic mass is 35.5. The molecule has 0 radical (unpaired) electrons. The van der Waals surface area contributed by atoms with Crippen LogP contribution in [0, 0.1) is 0 Å². The summed E-state index contributed by atoms with van der Waals surface area (Å²) in [4.78, 5) is 22.7. The summed E-state index contributed by atoms with van der Waals surface area (Å²) in [6.45, 7) is 2.38. The van der Waals surface area contributed by atoms with Crippen molar-refractivity contribution in [3.8, 4) is 0 Å². The molecule has 2 aliphatic heterocycles. The van der Waals surface area contributed by atoms with Gasteiger partial charge in [0.25, 0.3) is 0 Å². The van der Waals surface area contributed by atoms with Crippen LogP contribution in [0.5, 0.6) is 0 Å². The van der Waals surface area contributed by atoms with Gasteiger partial charge in [0.05, 0.1) is 17.4 Å². The zero-order chi connectivity index (χ0) is 12.7. The Balaban J connectivity index is 1.69.